The molecule has 1 N–H and O–H groups in total. The number of nitro groups is 2. The van der Waals surface area contributed by atoms with E-state index in [4.69, 9.17) is 18.9 Å². The fraction of sp³-hybridized carbons (Fsp3) is 0.689. The summed E-state index contributed by atoms with van der Waals surface area (Å²) in [5.41, 5.74) is 1.67. The van der Waals surface area contributed by atoms with Crippen molar-refractivity contribution in [2.45, 2.75) is 149 Å². The highest BCUT2D eigenvalue weighted by Crippen LogP contribution is 2.32. The van der Waals surface area contributed by atoms with Crippen molar-refractivity contribution < 1.29 is 38.4 Å². The normalized spacial score (nSPS) is 22.5. The fourth-order valence-electron chi connectivity index (χ4n) is 7.50. The molecular formula is C45H70N6O10. The maximum Gasteiger partial charge on any atom is 0.330 e. The number of carbonyl (C=O) groups excluding carboxylic acids is 2. The predicted octanol–water partition coefficient (Wildman–Crippen LogP) is 8.57. The van der Waals surface area contributed by atoms with Crippen LogP contribution in [-0.2, 0) is 28.5 Å². The van der Waals surface area contributed by atoms with Gasteiger partial charge in [-0.3, -0.25) is 29.9 Å². The Hall–Kier alpha value is -4.70. The molecular weight excluding hydrogens is 785 g/mol. The maximum absolute atomic E-state index is 12.0. The molecule has 0 bridgehead atoms. The predicted molar refractivity (Wildman–Crippen MR) is 233 cm³/mol. The molecule has 0 aromatic heterocycles. The van der Waals surface area contributed by atoms with Crippen molar-refractivity contribution in [1.29, 1.82) is 0 Å². The summed E-state index contributed by atoms with van der Waals surface area (Å²) < 4.78 is 24.1. The second-order valence-corrected chi connectivity index (χ2v) is 16.0. The molecule has 340 valence electrons. The summed E-state index contributed by atoms with van der Waals surface area (Å²) in [7, 11) is 0. The van der Waals surface area contributed by atoms with E-state index in [9.17, 15) is 29.8 Å². The molecule has 0 fully saturated rings. The lowest BCUT2D eigenvalue weighted by Crippen LogP contribution is -2.45. The van der Waals surface area contributed by atoms with Crippen LogP contribution in [0.25, 0.3) is 0 Å². The van der Waals surface area contributed by atoms with E-state index in [-0.39, 0.29) is 55.5 Å². The van der Waals surface area contributed by atoms with Gasteiger partial charge in [0.15, 0.2) is 5.70 Å². The fourth-order valence-corrected chi connectivity index (χ4v) is 7.50. The SMILES string of the molecule is C=CC(=O)OCCN(CCOC(=O)CC)C1C=CC(NC2CC(OCC(CC)CCCC)C(/N=N/C3=C([N+](=O)[O-])CC([N+](=O)[O-])C=C3)C=C2OCC(CC)CCCC)=C(C)C1. The minimum absolute atomic E-state index is 0.0166. The second kappa shape index (κ2) is 27.3. The first kappa shape index (κ1) is 50.7. The number of nitrogens with zero attached hydrogens (tertiary/aromatic N) is 5. The summed E-state index contributed by atoms with van der Waals surface area (Å²) >= 11 is 0. The van der Waals surface area contributed by atoms with Gasteiger partial charge in [-0.2, -0.15) is 5.11 Å². The number of unbranched alkanes of at least 4 members (excludes halogenated alkanes) is 2. The first-order chi connectivity index (χ1) is 29.4. The number of allylic oxidation sites excluding steroid dienone is 2. The van der Waals surface area contributed by atoms with Crippen LogP contribution in [0.15, 0.2) is 81.7 Å². The first-order valence-electron chi connectivity index (χ1n) is 22.3. The molecule has 3 aliphatic carbocycles. The van der Waals surface area contributed by atoms with E-state index in [1.165, 1.54) is 12.2 Å². The van der Waals surface area contributed by atoms with Crippen LogP contribution in [0, 0.1) is 32.1 Å². The van der Waals surface area contributed by atoms with Crippen LogP contribution in [0.3, 0.4) is 0 Å². The molecule has 7 atom stereocenters. The Morgan fingerprint density at radius 3 is 2.23 bits per heavy atom. The van der Waals surface area contributed by atoms with Crippen LogP contribution in [0.5, 0.6) is 0 Å². The summed E-state index contributed by atoms with van der Waals surface area (Å²) in [5, 5.41) is 36.2. The van der Waals surface area contributed by atoms with E-state index in [2.05, 4.69) is 73.8 Å². The van der Waals surface area contributed by atoms with Gasteiger partial charge < -0.3 is 24.3 Å². The Morgan fingerprint density at radius 1 is 0.967 bits per heavy atom. The largest absolute Gasteiger partial charge is 0.496 e. The van der Waals surface area contributed by atoms with Crippen LogP contribution in [0.1, 0.15) is 119 Å². The summed E-state index contributed by atoms with van der Waals surface area (Å²) in [6.07, 6.45) is 18.8. The van der Waals surface area contributed by atoms with E-state index in [0.29, 0.717) is 56.7 Å². The number of ether oxygens (including phenoxy) is 4. The van der Waals surface area contributed by atoms with E-state index >= 15 is 0 Å². The number of esters is 2. The molecule has 3 aliphatic rings. The van der Waals surface area contributed by atoms with Crippen molar-refractivity contribution in [2.75, 3.05) is 39.5 Å². The van der Waals surface area contributed by atoms with Gasteiger partial charge in [-0.05, 0) is 67.9 Å². The summed E-state index contributed by atoms with van der Waals surface area (Å²) in [5.74, 6) is 0.600. The van der Waals surface area contributed by atoms with Crippen LogP contribution < -0.4 is 5.32 Å². The number of hydrogen-bond acceptors (Lipinski definition) is 14. The third-order valence-corrected chi connectivity index (χ3v) is 11.6. The molecule has 0 spiro atoms. The Morgan fingerprint density at radius 2 is 1.64 bits per heavy atom. The topological polar surface area (TPSA) is 197 Å². The molecule has 0 saturated carbocycles. The molecule has 0 aromatic carbocycles. The quantitative estimate of drug-likeness (QED) is 0.0248. The van der Waals surface area contributed by atoms with Gasteiger partial charge in [-0.25, -0.2) is 4.79 Å². The minimum atomic E-state index is -1.21. The van der Waals surface area contributed by atoms with Crippen molar-refractivity contribution >= 4 is 11.9 Å². The first-order valence-corrected chi connectivity index (χ1v) is 22.3. The molecule has 16 heteroatoms. The molecule has 0 amide bonds. The molecule has 61 heavy (non-hydrogen) atoms. The van der Waals surface area contributed by atoms with Crippen LogP contribution in [0.2, 0.25) is 0 Å². The van der Waals surface area contributed by atoms with Gasteiger partial charge in [0.1, 0.15) is 31.4 Å². The zero-order valence-corrected chi connectivity index (χ0v) is 37.3. The van der Waals surface area contributed by atoms with Crippen molar-refractivity contribution in [3.63, 3.8) is 0 Å². The molecule has 3 rings (SSSR count). The van der Waals surface area contributed by atoms with Crippen molar-refractivity contribution in [1.82, 2.24) is 10.2 Å². The minimum Gasteiger partial charge on any atom is -0.496 e. The Labute approximate surface area is 361 Å². The molecule has 0 aromatic rings. The Kier molecular flexibility index (Phi) is 22.7. The van der Waals surface area contributed by atoms with Gasteiger partial charge in [0.25, 0.3) is 5.70 Å². The van der Waals surface area contributed by atoms with Gasteiger partial charge in [0.2, 0.25) is 6.04 Å². The summed E-state index contributed by atoms with van der Waals surface area (Å²) in [4.78, 5) is 48.1. The summed E-state index contributed by atoms with van der Waals surface area (Å²) in [6.45, 7) is 18.3. The highest BCUT2D eigenvalue weighted by atomic mass is 16.6. The number of rotatable bonds is 29. The molecule has 16 nitrogen and oxygen atoms in total. The lowest BCUT2D eigenvalue weighted by Gasteiger charge is -2.37. The number of azo groups is 1. The van der Waals surface area contributed by atoms with E-state index in [1.54, 1.807) is 6.92 Å². The molecule has 0 aliphatic heterocycles. The van der Waals surface area contributed by atoms with Gasteiger partial charge >= 0.3 is 11.9 Å². The standard InChI is InChI=1S/C45H70N6O10/c1-8-14-16-33(10-3)30-60-42-29-40(48-47-38-21-19-36(50(54)55)27-41(38)51(56)57)43(61-31-34(11-4)17-15-9-2)28-39(42)46-37-20-18-35(26-32(37)7)49(22-24-58-44(52)12-5)23-25-59-45(53)13-6/h12,18-21,29,33-36,39-40,43,46H,5,8-11,13-17,22-28,30-31H2,1-4,6-7H3/b48-47+. The lowest BCUT2D eigenvalue weighted by atomic mass is 9.91. The van der Waals surface area contributed by atoms with Crippen LogP contribution in [0.4, 0.5) is 0 Å². The summed E-state index contributed by atoms with van der Waals surface area (Å²) in [6, 6.07) is -2.18. The highest BCUT2D eigenvalue weighted by Gasteiger charge is 2.36. The van der Waals surface area contributed by atoms with E-state index in [1.807, 2.05) is 6.08 Å². The molecule has 0 saturated heterocycles. The smallest absolute Gasteiger partial charge is 0.330 e. The average Bonchev–Trinajstić information content (AvgIpc) is 3.26. The zero-order chi connectivity index (χ0) is 44.7. The van der Waals surface area contributed by atoms with Gasteiger partial charge in [-0.1, -0.05) is 85.8 Å². The number of carbonyl (C=O) groups is 2. The highest BCUT2D eigenvalue weighted by molar-refractivity contribution is 5.81. The maximum atomic E-state index is 12.0. The van der Waals surface area contributed by atoms with Gasteiger partial charge in [0, 0.05) is 55.3 Å². The second-order valence-electron chi connectivity index (χ2n) is 16.0. The van der Waals surface area contributed by atoms with Gasteiger partial charge in [-0.15, -0.1) is 5.11 Å². The monoisotopic (exact) mass is 855 g/mol. The zero-order valence-electron chi connectivity index (χ0n) is 37.3. The Bertz CT molecular complexity index is 1650. The van der Waals surface area contributed by atoms with Gasteiger partial charge in [0.05, 0.1) is 23.7 Å². The molecule has 0 heterocycles. The van der Waals surface area contributed by atoms with E-state index < -0.39 is 34.0 Å². The third-order valence-electron chi connectivity index (χ3n) is 11.6. The van der Waals surface area contributed by atoms with Crippen molar-refractivity contribution in [3.8, 4) is 0 Å². The molecule has 7 unspecified atom stereocenters. The lowest BCUT2D eigenvalue weighted by molar-refractivity contribution is -0.518. The van der Waals surface area contributed by atoms with Crippen LogP contribution in [-0.4, -0.2) is 96.5 Å². The molecule has 0 radical (unpaired) electrons. The van der Waals surface area contributed by atoms with E-state index in [0.717, 1.165) is 68.7 Å². The Balaban J connectivity index is 1.98. The van der Waals surface area contributed by atoms with Crippen LogP contribution >= 0.6 is 0 Å². The third kappa shape index (κ3) is 16.9. The van der Waals surface area contributed by atoms with Crippen molar-refractivity contribution in [2.24, 2.45) is 22.1 Å². The average molecular weight is 855 g/mol. The number of nitrogens with one attached hydrogen (secondary N) is 1. The van der Waals surface area contributed by atoms with Crippen molar-refractivity contribution in [3.05, 3.63) is 91.7 Å². The number of hydrogen-bond donors (Lipinski definition) is 1.